The summed E-state index contributed by atoms with van der Waals surface area (Å²) in [5.41, 5.74) is 3.89. The number of H-pyrrole nitrogens is 1. The standard InChI is InChI=1S/C22H27N3O2/c1-2-17(26)7-5-3-4-6-8-21-23-14-19(24-21)16-11-12-18-20(13-16)27-22(25-18)15-9-10-15/h11-15H,2-10H2,1H3,(H,23,24). The molecular weight excluding hydrogens is 338 g/mol. The van der Waals surface area contributed by atoms with E-state index in [1.54, 1.807) is 0 Å². The van der Waals surface area contributed by atoms with E-state index in [4.69, 9.17) is 4.42 Å². The third kappa shape index (κ3) is 4.46. The second-order valence-electron chi connectivity index (χ2n) is 7.56. The van der Waals surface area contributed by atoms with Gasteiger partial charge in [0.1, 0.15) is 17.1 Å². The summed E-state index contributed by atoms with van der Waals surface area (Å²) >= 11 is 0. The summed E-state index contributed by atoms with van der Waals surface area (Å²) in [4.78, 5) is 23.8. The molecule has 1 saturated carbocycles. The van der Waals surface area contributed by atoms with Gasteiger partial charge in [-0.05, 0) is 37.8 Å². The number of carbonyl (C=O) groups is 1. The van der Waals surface area contributed by atoms with Gasteiger partial charge in [0.05, 0.1) is 11.9 Å². The fraction of sp³-hybridized carbons (Fsp3) is 0.500. The van der Waals surface area contributed by atoms with Crippen molar-refractivity contribution >= 4 is 16.9 Å². The number of aryl methyl sites for hydroxylation is 1. The molecule has 142 valence electrons. The van der Waals surface area contributed by atoms with Crippen LogP contribution in [0.25, 0.3) is 22.4 Å². The lowest BCUT2D eigenvalue weighted by molar-refractivity contribution is -0.118. The number of rotatable bonds is 10. The first-order valence-electron chi connectivity index (χ1n) is 10.2. The van der Waals surface area contributed by atoms with Gasteiger partial charge in [0, 0.05) is 30.7 Å². The van der Waals surface area contributed by atoms with Crippen LogP contribution in [0.15, 0.2) is 28.8 Å². The van der Waals surface area contributed by atoms with Gasteiger partial charge in [-0.3, -0.25) is 4.79 Å². The number of aromatic nitrogens is 3. The molecular formula is C22H27N3O2. The van der Waals surface area contributed by atoms with Crippen LogP contribution in [-0.4, -0.2) is 20.7 Å². The molecule has 0 aliphatic heterocycles. The predicted octanol–water partition coefficient (Wildman–Crippen LogP) is 5.57. The Morgan fingerprint density at radius 2 is 2.07 bits per heavy atom. The first-order chi connectivity index (χ1) is 13.2. The maximum absolute atomic E-state index is 11.3. The SMILES string of the molecule is CCC(=O)CCCCCCc1ncc(-c2ccc3nc(C4CC4)oc3c2)[nH]1. The molecule has 0 saturated heterocycles. The normalized spacial score (nSPS) is 14.1. The second-order valence-corrected chi connectivity index (χ2v) is 7.56. The van der Waals surface area contributed by atoms with Crippen LogP contribution in [0.3, 0.4) is 0 Å². The molecule has 4 rings (SSSR count). The van der Waals surface area contributed by atoms with E-state index in [1.807, 2.05) is 19.2 Å². The van der Waals surface area contributed by atoms with Crippen LogP contribution in [0.5, 0.6) is 0 Å². The van der Waals surface area contributed by atoms with Crippen LogP contribution in [0, 0.1) is 0 Å². The van der Waals surface area contributed by atoms with Gasteiger partial charge in [-0.1, -0.05) is 25.8 Å². The maximum atomic E-state index is 11.3. The number of aromatic amines is 1. The molecule has 0 atom stereocenters. The predicted molar refractivity (Wildman–Crippen MR) is 106 cm³/mol. The number of hydrogen-bond donors (Lipinski definition) is 1. The summed E-state index contributed by atoms with van der Waals surface area (Å²) in [6.45, 7) is 1.93. The number of Topliss-reactive ketones (excluding diaryl/α,β-unsaturated/α-hetero) is 1. The Morgan fingerprint density at radius 3 is 2.89 bits per heavy atom. The zero-order chi connectivity index (χ0) is 18.6. The molecule has 1 aliphatic rings. The molecule has 2 aromatic heterocycles. The topological polar surface area (TPSA) is 71.8 Å². The van der Waals surface area contributed by atoms with Gasteiger partial charge >= 0.3 is 0 Å². The fourth-order valence-electron chi connectivity index (χ4n) is 3.40. The molecule has 1 aromatic carbocycles. The van der Waals surface area contributed by atoms with Crippen LogP contribution in [0.4, 0.5) is 0 Å². The molecule has 0 bridgehead atoms. The summed E-state index contributed by atoms with van der Waals surface area (Å²) in [6.07, 6.45) is 11.0. The molecule has 0 radical (unpaired) electrons. The van der Waals surface area contributed by atoms with Crippen molar-refractivity contribution in [3.05, 3.63) is 36.1 Å². The number of unbranched alkanes of at least 4 members (excludes halogenated alkanes) is 3. The Morgan fingerprint density at radius 1 is 1.22 bits per heavy atom. The molecule has 27 heavy (non-hydrogen) atoms. The molecule has 0 unspecified atom stereocenters. The number of benzene rings is 1. The van der Waals surface area contributed by atoms with Gasteiger partial charge in [0.2, 0.25) is 0 Å². The number of oxazole rings is 1. The number of nitrogens with one attached hydrogen (secondary N) is 1. The third-order valence-corrected chi connectivity index (χ3v) is 5.28. The third-order valence-electron chi connectivity index (χ3n) is 5.28. The Kier molecular flexibility index (Phi) is 5.37. The number of fused-ring (bicyclic) bond motifs is 1. The van der Waals surface area contributed by atoms with Crippen molar-refractivity contribution in [3.63, 3.8) is 0 Å². The van der Waals surface area contributed by atoms with Crippen molar-refractivity contribution in [2.75, 3.05) is 0 Å². The molecule has 3 aromatic rings. The highest BCUT2D eigenvalue weighted by molar-refractivity contribution is 5.79. The molecule has 2 heterocycles. The van der Waals surface area contributed by atoms with Gasteiger partial charge in [-0.25, -0.2) is 9.97 Å². The average Bonchev–Trinajstić information content (AvgIpc) is 3.28. The minimum absolute atomic E-state index is 0.374. The number of carbonyl (C=O) groups excluding carboxylic acids is 1. The number of ketones is 1. The molecule has 1 fully saturated rings. The van der Waals surface area contributed by atoms with E-state index in [0.717, 1.165) is 72.6 Å². The van der Waals surface area contributed by atoms with Crippen molar-refractivity contribution in [2.24, 2.45) is 0 Å². The summed E-state index contributed by atoms with van der Waals surface area (Å²) in [6, 6.07) is 6.15. The smallest absolute Gasteiger partial charge is 0.198 e. The molecule has 5 nitrogen and oxygen atoms in total. The Labute approximate surface area is 159 Å². The maximum Gasteiger partial charge on any atom is 0.198 e. The number of nitrogens with zero attached hydrogens (tertiary/aromatic N) is 2. The van der Waals surface area contributed by atoms with E-state index in [-0.39, 0.29) is 0 Å². The summed E-state index contributed by atoms with van der Waals surface area (Å²) in [7, 11) is 0. The summed E-state index contributed by atoms with van der Waals surface area (Å²) < 4.78 is 5.92. The van der Waals surface area contributed by atoms with Crippen LogP contribution in [0.1, 0.15) is 75.9 Å². The van der Waals surface area contributed by atoms with E-state index < -0.39 is 0 Å². The van der Waals surface area contributed by atoms with E-state index >= 15 is 0 Å². The van der Waals surface area contributed by atoms with Gasteiger partial charge in [0.25, 0.3) is 0 Å². The van der Waals surface area contributed by atoms with Crippen LogP contribution in [-0.2, 0) is 11.2 Å². The van der Waals surface area contributed by atoms with Crippen LogP contribution in [0.2, 0.25) is 0 Å². The lowest BCUT2D eigenvalue weighted by Crippen LogP contribution is -1.94. The van der Waals surface area contributed by atoms with E-state index in [0.29, 0.717) is 18.1 Å². The molecule has 0 amide bonds. The fourth-order valence-corrected chi connectivity index (χ4v) is 3.40. The zero-order valence-corrected chi connectivity index (χ0v) is 16.0. The molecule has 0 spiro atoms. The van der Waals surface area contributed by atoms with E-state index in [9.17, 15) is 4.79 Å². The largest absolute Gasteiger partial charge is 0.440 e. The van der Waals surface area contributed by atoms with Crippen molar-refractivity contribution in [3.8, 4) is 11.3 Å². The van der Waals surface area contributed by atoms with Crippen molar-refractivity contribution in [2.45, 2.75) is 70.6 Å². The van der Waals surface area contributed by atoms with E-state index in [1.165, 1.54) is 12.8 Å². The van der Waals surface area contributed by atoms with Gasteiger partial charge < -0.3 is 9.40 Å². The van der Waals surface area contributed by atoms with Crippen molar-refractivity contribution in [1.29, 1.82) is 0 Å². The zero-order valence-electron chi connectivity index (χ0n) is 16.0. The molecule has 1 aliphatic carbocycles. The van der Waals surface area contributed by atoms with Gasteiger partial charge in [0.15, 0.2) is 11.5 Å². The summed E-state index contributed by atoms with van der Waals surface area (Å²) in [5.74, 6) is 2.80. The lowest BCUT2D eigenvalue weighted by Gasteiger charge is -2.00. The molecule has 5 heteroatoms. The Balaban J connectivity index is 1.31. The summed E-state index contributed by atoms with van der Waals surface area (Å²) in [5, 5.41) is 0. The average molecular weight is 365 g/mol. The Hall–Kier alpha value is -2.43. The van der Waals surface area contributed by atoms with Gasteiger partial charge in [-0.15, -0.1) is 0 Å². The lowest BCUT2D eigenvalue weighted by atomic mass is 10.1. The number of imidazole rings is 1. The van der Waals surface area contributed by atoms with Crippen LogP contribution < -0.4 is 0 Å². The quantitative estimate of drug-likeness (QED) is 0.477. The van der Waals surface area contributed by atoms with Crippen molar-refractivity contribution in [1.82, 2.24) is 15.0 Å². The van der Waals surface area contributed by atoms with Gasteiger partial charge in [-0.2, -0.15) is 0 Å². The monoisotopic (exact) mass is 365 g/mol. The highest BCUT2D eigenvalue weighted by Crippen LogP contribution is 2.40. The molecule has 1 N–H and O–H groups in total. The Bertz CT molecular complexity index is 921. The first-order valence-corrected chi connectivity index (χ1v) is 10.2. The van der Waals surface area contributed by atoms with Crippen molar-refractivity contribution < 1.29 is 9.21 Å². The second kappa shape index (κ2) is 8.07. The highest BCUT2D eigenvalue weighted by atomic mass is 16.3. The minimum Gasteiger partial charge on any atom is -0.440 e. The highest BCUT2D eigenvalue weighted by Gasteiger charge is 2.28. The minimum atomic E-state index is 0.374. The van der Waals surface area contributed by atoms with Crippen LogP contribution >= 0.6 is 0 Å². The number of hydrogen-bond acceptors (Lipinski definition) is 4. The first kappa shape index (κ1) is 18.0. The van der Waals surface area contributed by atoms with E-state index in [2.05, 4.69) is 27.1 Å².